The van der Waals surface area contributed by atoms with E-state index in [1.807, 2.05) is 24.3 Å². The maximum absolute atomic E-state index is 13.0. The second-order valence-electron chi connectivity index (χ2n) is 8.13. The van der Waals surface area contributed by atoms with Gasteiger partial charge in [-0.25, -0.2) is 9.69 Å². The Morgan fingerprint density at radius 2 is 1.67 bits per heavy atom. The van der Waals surface area contributed by atoms with Gasteiger partial charge in [-0.15, -0.1) is 0 Å². The van der Waals surface area contributed by atoms with E-state index in [4.69, 9.17) is 27.9 Å². The third-order valence-corrected chi connectivity index (χ3v) is 6.87. The fourth-order valence-corrected chi connectivity index (χ4v) is 5.12. The van der Waals surface area contributed by atoms with Crippen LogP contribution in [0.2, 0.25) is 10.0 Å². The Bertz CT molecular complexity index is 1190. The predicted octanol–water partition coefficient (Wildman–Crippen LogP) is 6.55. The summed E-state index contributed by atoms with van der Waals surface area (Å²) < 4.78 is 7.13. The van der Waals surface area contributed by atoms with Crippen LogP contribution in [0.15, 0.2) is 71.2 Å². The van der Waals surface area contributed by atoms with E-state index in [1.54, 1.807) is 23.1 Å². The summed E-state index contributed by atoms with van der Waals surface area (Å²) in [5, 5.41) is 0.744. The van der Waals surface area contributed by atoms with Crippen LogP contribution in [0, 0.1) is 0 Å². The number of carbonyl (C=O) groups excluding carboxylic acids is 2. The molecule has 3 aromatic carbocycles. The van der Waals surface area contributed by atoms with Crippen LogP contribution < -0.4 is 4.90 Å². The van der Waals surface area contributed by atoms with Gasteiger partial charge in [0.2, 0.25) is 0 Å². The number of halogens is 3. The molecule has 0 radical (unpaired) electrons. The third kappa shape index (κ3) is 4.53. The van der Waals surface area contributed by atoms with Crippen molar-refractivity contribution in [2.24, 2.45) is 0 Å². The highest BCUT2D eigenvalue weighted by Gasteiger charge is 2.51. The summed E-state index contributed by atoms with van der Waals surface area (Å²) in [6.45, 7) is 0.776. The molecule has 2 heterocycles. The Kier molecular flexibility index (Phi) is 6.18. The number of fused-ring (bicyclic) bond motifs is 1. The molecule has 5 nitrogen and oxygen atoms in total. The Balaban J connectivity index is 1.24. The molecule has 0 aromatic heterocycles. The molecule has 2 atom stereocenters. The van der Waals surface area contributed by atoms with Crippen molar-refractivity contribution < 1.29 is 14.3 Å². The van der Waals surface area contributed by atoms with Crippen LogP contribution in [0.4, 0.5) is 10.5 Å². The minimum absolute atomic E-state index is 0.204. The highest BCUT2D eigenvalue weighted by molar-refractivity contribution is 9.10. The molecule has 0 aliphatic carbocycles. The van der Waals surface area contributed by atoms with Crippen LogP contribution in [0.5, 0.6) is 0 Å². The molecule has 0 saturated carbocycles. The molecule has 2 saturated heterocycles. The SMILES string of the molecule is O=C1[C@@H]2C[C@@H](OCc3cccc(-c4ccc(Br)cc4)c3)CN2C(=O)N1c1cc(Cl)cc(Cl)c1. The molecule has 8 heteroatoms. The van der Waals surface area contributed by atoms with E-state index in [9.17, 15) is 9.59 Å². The standard InChI is InChI=1S/C25H19BrCl2N2O3/c26-18-6-4-16(5-7-18)17-3-1-2-15(8-17)14-33-22-12-23-24(31)30(25(32)29(23)13-22)21-10-19(27)9-20(28)11-21/h1-11,22-23H,12-14H2/t22-,23+/m1/s1. The van der Waals surface area contributed by atoms with Crippen LogP contribution in [-0.2, 0) is 16.1 Å². The first-order valence-electron chi connectivity index (χ1n) is 10.5. The van der Waals surface area contributed by atoms with Gasteiger partial charge in [-0.3, -0.25) is 4.79 Å². The van der Waals surface area contributed by atoms with Gasteiger partial charge in [-0.05, 0) is 53.1 Å². The van der Waals surface area contributed by atoms with Crippen molar-refractivity contribution in [1.29, 1.82) is 0 Å². The maximum Gasteiger partial charge on any atom is 0.332 e. The number of hydrogen-bond donors (Lipinski definition) is 0. The summed E-state index contributed by atoms with van der Waals surface area (Å²) in [5.74, 6) is -0.276. The number of hydrogen-bond acceptors (Lipinski definition) is 3. The lowest BCUT2D eigenvalue weighted by molar-refractivity contribution is -0.119. The molecule has 2 aliphatic heterocycles. The maximum atomic E-state index is 13.0. The lowest BCUT2D eigenvalue weighted by atomic mass is 10.0. The van der Waals surface area contributed by atoms with E-state index in [2.05, 4.69) is 40.2 Å². The first-order valence-corrected chi connectivity index (χ1v) is 12.0. The number of anilines is 1. The van der Waals surface area contributed by atoms with Gasteiger partial charge in [-0.2, -0.15) is 0 Å². The number of carbonyl (C=O) groups is 2. The second kappa shape index (κ2) is 9.11. The van der Waals surface area contributed by atoms with Gasteiger partial charge in [0, 0.05) is 27.5 Å². The van der Waals surface area contributed by atoms with Crippen LogP contribution in [0.25, 0.3) is 11.1 Å². The molecule has 5 rings (SSSR count). The molecule has 168 valence electrons. The van der Waals surface area contributed by atoms with Crippen molar-refractivity contribution in [2.75, 3.05) is 11.4 Å². The quantitative estimate of drug-likeness (QED) is 0.341. The normalized spacial score (nSPS) is 20.0. The van der Waals surface area contributed by atoms with E-state index in [0.717, 1.165) is 26.1 Å². The van der Waals surface area contributed by atoms with E-state index in [0.29, 0.717) is 35.3 Å². The largest absolute Gasteiger partial charge is 0.372 e. The Labute approximate surface area is 210 Å². The molecule has 0 N–H and O–H groups in total. The molecular weight excluding hydrogens is 527 g/mol. The molecular formula is C25H19BrCl2N2O3. The number of imide groups is 1. The van der Waals surface area contributed by atoms with Crippen molar-refractivity contribution in [3.8, 4) is 11.1 Å². The van der Waals surface area contributed by atoms with Gasteiger partial charge in [-0.1, -0.05) is 69.5 Å². The zero-order valence-electron chi connectivity index (χ0n) is 17.4. The molecule has 2 aliphatic rings. The predicted molar refractivity (Wildman–Crippen MR) is 133 cm³/mol. The molecule has 0 spiro atoms. The number of nitrogens with zero attached hydrogens (tertiary/aromatic N) is 2. The van der Waals surface area contributed by atoms with Gasteiger partial charge in [0.05, 0.1) is 18.4 Å². The van der Waals surface area contributed by atoms with Gasteiger partial charge >= 0.3 is 6.03 Å². The first kappa shape index (κ1) is 22.4. The van der Waals surface area contributed by atoms with Crippen LogP contribution in [-0.4, -0.2) is 35.5 Å². The molecule has 3 amide bonds. The van der Waals surface area contributed by atoms with E-state index >= 15 is 0 Å². The summed E-state index contributed by atoms with van der Waals surface area (Å²) >= 11 is 15.6. The minimum Gasteiger partial charge on any atom is -0.372 e. The van der Waals surface area contributed by atoms with Crippen LogP contribution >= 0.6 is 39.1 Å². The van der Waals surface area contributed by atoms with Crippen molar-refractivity contribution in [1.82, 2.24) is 4.90 Å². The van der Waals surface area contributed by atoms with Crippen molar-refractivity contribution >= 4 is 56.8 Å². The number of ether oxygens (including phenoxy) is 1. The van der Waals surface area contributed by atoms with Crippen molar-refractivity contribution in [3.63, 3.8) is 0 Å². The molecule has 33 heavy (non-hydrogen) atoms. The third-order valence-electron chi connectivity index (χ3n) is 5.90. The van der Waals surface area contributed by atoms with E-state index < -0.39 is 6.04 Å². The summed E-state index contributed by atoms with van der Waals surface area (Å²) in [6, 6.07) is 20.1. The second-order valence-corrected chi connectivity index (χ2v) is 9.92. The van der Waals surface area contributed by atoms with Crippen LogP contribution in [0.3, 0.4) is 0 Å². The van der Waals surface area contributed by atoms with Crippen molar-refractivity contribution in [3.05, 3.63) is 86.8 Å². The summed E-state index contributed by atoms with van der Waals surface area (Å²) in [6.07, 6.45) is 0.256. The van der Waals surface area contributed by atoms with Gasteiger partial charge in [0.15, 0.2) is 0 Å². The zero-order chi connectivity index (χ0) is 23.1. The average Bonchev–Trinajstić information content (AvgIpc) is 3.31. The van der Waals surface area contributed by atoms with Crippen LogP contribution in [0.1, 0.15) is 12.0 Å². The Morgan fingerprint density at radius 1 is 0.939 bits per heavy atom. The topological polar surface area (TPSA) is 49.9 Å². The molecule has 0 unspecified atom stereocenters. The lowest BCUT2D eigenvalue weighted by Crippen LogP contribution is -2.35. The number of amides is 3. The highest BCUT2D eigenvalue weighted by atomic mass is 79.9. The van der Waals surface area contributed by atoms with Gasteiger partial charge in [0.25, 0.3) is 5.91 Å². The highest BCUT2D eigenvalue weighted by Crippen LogP contribution is 2.35. The Morgan fingerprint density at radius 3 is 2.36 bits per heavy atom. The summed E-state index contributed by atoms with van der Waals surface area (Å²) in [4.78, 5) is 28.7. The fraction of sp³-hybridized carbons (Fsp3) is 0.200. The lowest BCUT2D eigenvalue weighted by Gasteiger charge is -2.19. The van der Waals surface area contributed by atoms with E-state index in [-0.39, 0.29) is 18.0 Å². The van der Waals surface area contributed by atoms with E-state index in [1.165, 1.54) is 0 Å². The Hall–Kier alpha value is -2.38. The first-order chi connectivity index (χ1) is 15.9. The monoisotopic (exact) mass is 544 g/mol. The minimum atomic E-state index is -0.533. The number of benzene rings is 3. The van der Waals surface area contributed by atoms with Gasteiger partial charge < -0.3 is 9.64 Å². The number of rotatable bonds is 5. The zero-order valence-corrected chi connectivity index (χ0v) is 20.5. The summed E-state index contributed by atoms with van der Waals surface area (Å²) in [5.41, 5.74) is 3.66. The van der Waals surface area contributed by atoms with Gasteiger partial charge in [0.1, 0.15) is 6.04 Å². The summed E-state index contributed by atoms with van der Waals surface area (Å²) in [7, 11) is 0. The molecule has 3 aromatic rings. The fourth-order valence-electron chi connectivity index (χ4n) is 4.34. The van der Waals surface area contributed by atoms with Crippen molar-refractivity contribution in [2.45, 2.75) is 25.2 Å². The average molecular weight is 546 g/mol. The molecule has 2 fully saturated rings. The smallest absolute Gasteiger partial charge is 0.332 e. The number of urea groups is 1. The molecule has 0 bridgehead atoms.